The van der Waals surface area contributed by atoms with Crippen LogP contribution < -0.4 is 5.32 Å². The van der Waals surface area contributed by atoms with Gasteiger partial charge in [-0.15, -0.1) is 0 Å². The number of aryl methyl sites for hydroxylation is 1. The third kappa shape index (κ3) is 5.33. The third-order valence-corrected chi connectivity index (χ3v) is 2.86. The normalized spacial score (nSPS) is 14.8. The largest absolute Gasteiger partial charge is 0.384 e. The number of nitrogens with one attached hydrogen (secondary N) is 1. The maximum Gasteiger partial charge on any atom is 0.0640 e. The third-order valence-electron chi connectivity index (χ3n) is 2.86. The summed E-state index contributed by atoms with van der Waals surface area (Å²) < 4.78 is 7.05. The van der Waals surface area contributed by atoms with Gasteiger partial charge in [-0.25, -0.2) is 0 Å². The fourth-order valence-electron chi connectivity index (χ4n) is 2.19. The van der Waals surface area contributed by atoms with Crippen LogP contribution in [-0.4, -0.2) is 36.1 Å². The lowest BCUT2D eigenvalue weighted by atomic mass is 9.99. The first-order valence-corrected chi connectivity index (χ1v) is 6.36. The van der Waals surface area contributed by atoms with E-state index in [1.165, 1.54) is 0 Å². The highest BCUT2D eigenvalue weighted by molar-refractivity contribution is 5.01. The van der Waals surface area contributed by atoms with E-state index in [9.17, 15) is 0 Å². The Morgan fingerprint density at radius 1 is 1.53 bits per heavy atom. The molecule has 98 valence electrons. The fraction of sp³-hybridized carbons (Fsp3) is 0.769. The van der Waals surface area contributed by atoms with Crippen LogP contribution in [-0.2, 0) is 18.2 Å². The van der Waals surface area contributed by atoms with Crippen molar-refractivity contribution < 1.29 is 4.74 Å². The number of hydrogen-bond donors (Lipinski definition) is 1. The zero-order chi connectivity index (χ0) is 12.7. The standard InChI is InChI=1S/C13H25N3O/c1-5-14-13(8-11(2)10-17-4)9-12-6-7-16(3)15-12/h6-7,11,13-14H,5,8-10H2,1-4H3. The summed E-state index contributed by atoms with van der Waals surface area (Å²) in [5.74, 6) is 0.577. The lowest BCUT2D eigenvalue weighted by Gasteiger charge is -2.20. The molecule has 1 N–H and O–H groups in total. The van der Waals surface area contributed by atoms with Crippen LogP contribution in [0.1, 0.15) is 26.0 Å². The maximum absolute atomic E-state index is 5.19. The van der Waals surface area contributed by atoms with Crippen molar-refractivity contribution in [3.63, 3.8) is 0 Å². The van der Waals surface area contributed by atoms with Crippen LogP contribution in [0.2, 0.25) is 0 Å². The summed E-state index contributed by atoms with van der Waals surface area (Å²) in [7, 11) is 3.72. The molecule has 4 nitrogen and oxygen atoms in total. The highest BCUT2D eigenvalue weighted by Gasteiger charge is 2.14. The van der Waals surface area contributed by atoms with Gasteiger partial charge >= 0.3 is 0 Å². The second-order valence-corrected chi connectivity index (χ2v) is 4.74. The minimum Gasteiger partial charge on any atom is -0.384 e. The van der Waals surface area contributed by atoms with Gasteiger partial charge in [-0.3, -0.25) is 4.68 Å². The highest BCUT2D eigenvalue weighted by Crippen LogP contribution is 2.10. The van der Waals surface area contributed by atoms with Crippen molar-refractivity contribution in [2.24, 2.45) is 13.0 Å². The first-order valence-electron chi connectivity index (χ1n) is 6.36. The van der Waals surface area contributed by atoms with Crippen LogP contribution in [0.3, 0.4) is 0 Å². The Morgan fingerprint density at radius 2 is 2.29 bits per heavy atom. The van der Waals surface area contributed by atoms with Gasteiger partial charge in [-0.1, -0.05) is 13.8 Å². The van der Waals surface area contributed by atoms with E-state index in [0.29, 0.717) is 12.0 Å². The maximum atomic E-state index is 5.19. The molecule has 0 bridgehead atoms. The molecular formula is C13H25N3O. The van der Waals surface area contributed by atoms with Crippen molar-refractivity contribution in [2.75, 3.05) is 20.3 Å². The van der Waals surface area contributed by atoms with Gasteiger partial charge in [0.25, 0.3) is 0 Å². The fourth-order valence-corrected chi connectivity index (χ4v) is 2.19. The van der Waals surface area contributed by atoms with Gasteiger partial charge in [0, 0.05) is 39.4 Å². The summed E-state index contributed by atoms with van der Waals surface area (Å²) in [5, 5.41) is 7.96. The van der Waals surface area contributed by atoms with E-state index >= 15 is 0 Å². The number of likely N-dealkylation sites (N-methyl/N-ethyl adjacent to an activating group) is 1. The molecule has 0 spiro atoms. The summed E-state index contributed by atoms with van der Waals surface area (Å²) in [6.07, 6.45) is 4.11. The molecule has 2 unspecified atom stereocenters. The van der Waals surface area contributed by atoms with Gasteiger partial charge in [0.2, 0.25) is 0 Å². The predicted molar refractivity (Wildman–Crippen MR) is 70.0 cm³/mol. The molecule has 0 aliphatic carbocycles. The summed E-state index contributed by atoms with van der Waals surface area (Å²) in [6.45, 7) is 6.19. The Labute approximate surface area is 104 Å². The Bertz CT molecular complexity index is 311. The van der Waals surface area contributed by atoms with E-state index in [-0.39, 0.29) is 0 Å². The van der Waals surface area contributed by atoms with Gasteiger partial charge in [-0.05, 0) is 24.9 Å². The highest BCUT2D eigenvalue weighted by atomic mass is 16.5. The van der Waals surface area contributed by atoms with E-state index in [4.69, 9.17) is 4.74 Å². The molecule has 1 aromatic heterocycles. The van der Waals surface area contributed by atoms with E-state index in [0.717, 1.165) is 31.7 Å². The molecule has 1 aromatic rings. The van der Waals surface area contributed by atoms with Gasteiger partial charge in [-0.2, -0.15) is 5.10 Å². The van der Waals surface area contributed by atoms with Crippen LogP contribution in [0.5, 0.6) is 0 Å². The van der Waals surface area contributed by atoms with Gasteiger partial charge in [0.05, 0.1) is 5.69 Å². The van der Waals surface area contributed by atoms with Gasteiger partial charge in [0.15, 0.2) is 0 Å². The Hall–Kier alpha value is -0.870. The van der Waals surface area contributed by atoms with Crippen molar-refractivity contribution in [1.29, 1.82) is 0 Å². The van der Waals surface area contributed by atoms with E-state index < -0.39 is 0 Å². The Balaban J connectivity index is 2.47. The minimum atomic E-state index is 0.486. The van der Waals surface area contributed by atoms with E-state index in [1.807, 2.05) is 17.9 Å². The SMILES string of the molecule is CCNC(Cc1ccn(C)n1)CC(C)COC. The molecule has 1 rings (SSSR count). The number of rotatable bonds is 8. The van der Waals surface area contributed by atoms with E-state index in [1.54, 1.807) is 7.11 Å². The quantitative estimate of drug-likeness (QED) is 0.749. The molecular weight excluding hydrogens is 214 g/mol. The first-order chi connectivity index (χ1) is 8.15. The molecule has 0 saturated carbocycles. The number of ether oxygens (including phenoxy) is 1. The Morgan fingerprint density at radius 3 is 2.82 bits per heavy atom. The first kappa shape index (κ1) is 14.2. The van der Waals surface area contributed by atoms with Crippen LogP contribution in [0.4, 0.5) is 0 Å². The molecule has 1 heterocycles. The lowest BCUT2D eigenvalue weighted by molar-refractivity contribution is 0.149. The molecule has 0 aliphatic heterocycles. The molecule has 0 amide bonds. The summed E-state index contributed by atoms with van der Waals surface area (Å²) >= 11 is 0. The molecule has 17 heavy (non-hydrogen) atoms. The smallest absolute Gasteiger partial charge is 0.0640 e. The van der Waals surface area contributed by atoms with Crippen molar-refractivity contribution >= 4 is 0 Å². The number of hydrogen-bond acceptors (Lipinski definition) is 3. The molecule has 0 aliphatic rings. The number of methoxy groups -OCH3 is 1. The zero-order valence-corrected chi connectivity index (χ0v) is 11.4. The monoisotopic (exact) mass is 239 g/mol. The van der Waals surface area contributed by atoms with Gasteiger partial charge in [0.1, 0.15) is 0 Å². The topological polar surface area (TPSA) is 39.1 Å². The molecule has 4 heteroatoms. The summed E-state index contributed by atoms with van der Waals surface area (Å²) in [5.41, 5.74) is 1.16. The Kier molecular flexibility index (Phi) is 6.22. The predicted octanol–water partition coefficient (Wildman–Crippen LogP) is 1.61. The number of aromatic nitrogens is 2. The molecule has 0 aromatic carbocycles. The summed E-state index contributed by atoms with van der Waals surface area (Å²) in [4.78, 5) is 0. The zero-order valence-electron chi connectivity index (χ0n) is 11.4. The second kappa shape index (κ2) is 7.45. The molecule has 0 saturated heterocycles. The van der Waals surface area contributed by atoms with Crippen molar-refractivity contribution in [2.45, 2.75) is 32.7 Å². The molecule has 2 atom stereocenters. The summed E-state index contributed by atoms with van der Waals surface area (Å²) in [6, 6.07) is 2.57. The minimum absolute atomic E-state index is 0.486. The number of nitrogens with zero attached hydrogens (tertiary/aromatic N) is 2. The van der Waals surface area contributed by atoms with Crippen LogP contribution in [0.15, 0.2) is 12.3 Å². The lowest BCUT2D eigenvalue weighted by Crippen LogP contribution is -2.33. The molecule has 0 radical (unpaired) electrons. The van der Waals surface area contributed by atoms with Crippen LogP contribution in [0.25, 0.3) is 0 Å². The van der Waals surface area contributed by atoms with Crippen LogP contribution >= 0.6 is 0 Å². The van der Waals surface area contributed by atoms with Crippen molar-refractivity contribution in [1.82, 2.24) is 15.1 Å². The van der Waals surface area contributed by atoms with Crippen LogP contribution in [0, 0.1) is 5.92 Å². The second-order valence-electron chi connectivity index (χ2n) is 4.74. The molecule has 0 fully saturated rings. The van der Waals surface area contributed by atoms with Crippen molar-refractivity contribution in [3.8, 4) is 0 Å². The van der Waals surface area contributed by atoms with Crippen molar-refractivity contribution in [3.05, 3.63) is 18.0 Å². The average Bonchev–Trinajstić information content (AvgIpc) is 2.64. The van der Waals surface area contributed by atoms with Gasteiger partial charge < -0.3 is 10.1 Å². The average molecular weight is 239 g/mol. The van der Waals surface area contributed by atoms with E-state index in [2.05, 4.69) is 30.3 Å².